The second kappa shape index (κ2) is 5.54. The molecule has 1 aromatic carbocycles. The quantitative estimate of drug-likeness (QED) is 0.906. The minimum atomic E-state index is 0.110. The molecule has 0 bridgehead atoms. The van der Waals surface area contributed by atoms with E-state index in [9.17, 15) is 0 Å². The van der Waals surface area contributed by atoms with E-state index in [0.29, 0.717) is 5.92 Å². The third-order valence-electron chi connectivity index (χ3n) is 4.08. The van der Waals surface area contributed by atoms with Gasteiger partial charge in [-0.25, -0.2) is 0 Å². The maximum Gasteiger partial charge on any atom is 0.0467 e. The first-order chi connectivity index (χ1) is 9.34. The van der Waals surface area contributed by atoms with Gasteiger partial charge in [-0.15, -0.1) is 0 Å². The van der Waals surface area contributed by atoms with Gasteiger partial charge in [-0.1, -0.05) is 36.4 Å². The van der Waals surface area contributed by atoms with Gasteiger partial charge in [0.1, 0.15) is 0 Å². The first kappa shape index (κ1) is 12.4. The van der Waals surface area contributed by atoms with Crippen molar-refractivity contribution in [2.75, 3.05) is 0 Å². The minimum absolute atomic E-state index is 0.110. The average Bonchev–Trinajstić information content (AvgIpc) is 2.48. The molecule has 2 N–H and O–H groups in total. The van der Waals surface area contributed by atoms with Crippen molar-refractivity contribution in [2.45, 2.75) is 37.6 Å². The summed E-state index contributed by atoms with van der Waals surface area (Å²) in [5.74, 6) is 0.514. The van der Waals surface area contributed by atoms with Crippen molar-refractivity contribution in [1.29, 1.82) is 0 Å². The maximum absolute atomic E-state index is 6.36. The summed E-state index contributed by atoms with van der Waals surface area (Å²) in [5.41, 5.74) is 10.3. The van der Waals surface area contributed by atoms with Gasteiger partial charge >= 0.3 is 0 Å². The van der Waals surface area contributed by atoms with Crippen molar-refractivity contribution in [3.63, 3.8) is 0 Å². The molecule has 2 aromatic rings. The highest BCUT2D eigenvalue weighted by Crippen LogP contribution is 2.35. The summed E-state index contributed by atoms with van der Waals surface area (Å²) >= 11 is 0. The van der Waals surface area contributed by atoms with E-state index in [4.69, 9.17) is 5.73 Å². The summed E-state index contributed by atoms with van der Waals surface area (Å²) in [5, 5.41) is 0. The third-order valence-corrected chi connectivity index (χ3v) is 4.08. The van der Waals surface area contributed by atoms with Crippen LogP contribution in [0.15, 0.2) is 48.7 Å². The number of hydrogen-bond donors (Lipinski definition) is 1. The fourth-order valence-corrected chi connectivity index (χ4v) is 3.08. The van der Waals surface area contributed by atoms with Gasteiger partial charge in [0.05, 0.1) is 0 Å². The van der Waals surface area contributed by atoms with Gasteiger partial charge in [0.2, 0.25) is 0 Å². The second-order valence-corrected chi connectivity index (χ2v) is 5.39. The Morgan fingerprint density at radius 1 is 1.16 bits per heavy atom. The predicted octanol–water partition coefficient (Wildman–Crippen LogP) is 3.59. The molecule has 3 rings (SSSR count). The molecule has 0 aliphatic heterocycles. The smallest absolute Gasteiger partial charge is 0.0467 e. The highest BCUT2D eigenvalue weighted by atomic mass is 14.7. The van der Waals surface area contributed by atoms with Crippen molar-refractivity contribution in [3.05, 3.63) is 65.5 Å². The van der Waals surface area contributed by atoms with Gasteiger partial charge < -0.3 is 5.73 Å². The lowest BCUT2D eigenvalue weighted by molar-refractivity contribution is 0.466. The molecule has 0 saturated carbocycles. The number of nitrogens with zero attached hydrogens (tertiary/aromatic N) is 1. The molecule has 1 heterocycles. The van der Waals surface area contributed by atoms with E-state index in [1.54, 1.807) is 0 Å². The molecule has 2 atom stereocenters. The molecular formula is C17H20N2. The number of rotatable bonds is 3. The largest absolute Gasteiger partial charge is 0.324 e. The van der Waals surface area contributed by atoms with Crippen LogP contribution in [0.2, 0.25) is 0 Å². The first-order valence-corrected chi connectivity index (χ1v) is 7.09. The van der Waals surface area contributed by atoms with E-state index in [1.165, 1.54) is 36.1 Å². The average molecular weight is 252 g/mol. The van der Waals surface area contributed by atoms with Crippen molar-refractivity contribution in [3.8, 4) is 0 Å². The van der Waals surface area contributed by atoms with Crippen molar-refractivity contribution < 1.29 is 0 Å². The van der Waals surface area contributed by atoms with E-state index < -0.39 is 0 Å². The molecule has 0 radical (unpaired) electrons. The molecule has 98 valence electrons. The van der Waals surface area contributed by atoms with E-state index in [1.807, 2.05) is 18.3 Å². The summed E-state index contributed by atoms with van der Waals surface area (Å²) in [7, 11) is 0. The van der Waals surface area contributed by atoms with Crippen LogP contribution in [0.3, 0.4) is 0 Å². The number of hydrogen-bond acceptors (Lipinski definition) is 2. The number of nitrogens with two attached hydrogens (primary N) is 1. The van der Waals surface area contributed by atoms with Crippen LogP contribution in [0, 0.1) is 0 Å². The molecule has 1 aliphatic rings. The molecule has 2 nitrogen and oxygen atoms in total. The Kier molecular flexibility index (Phi) is 3.60. The minimum Gasteiger partial charge on any atom is -0.324 e. The third kappa shape index (κ3) is 2.69. The SMILES string of the molecule is NC(CC1CCCc2cccnc21)c1ccccc1. The lowest BCUT2D eigenvalue weighted by atomic mass is 9.82. The Bertz CT molecular complexity index is 536. The van der Waals surface area contributed by atoms with Gasteiger partial charge in [0.15, 0.2) is 0 Å². The van der Waals surface area contributed by atoms with Gasteiger partial charge in [0.25, 0.3) is 0 Å². The highest BCUT2D eigenvalue weighted by molar-refractivity contribution is 5.27. The molecule has 0 amide bonds. The van der Waals surface area contributed by atoms with Crippen LogP contribution in [0.4, 0.5) is 0 Å². The van der Waals surface area contributed by atoms with Crippen molar-refractivity contribution >= 4 is 0 Å². The Morgan fingerprint density at radius 2 is 2.00 bits per heavy atom. The Labute approximate surface area is 114 Å². The van der Waals surface area contributed by atoms with Crippen molar-refractivity contribution in [1.82, 2.24) is 4.98 Å². The second-order valence-electron chi connectivity index (χ2n) is 5.39. The number of benzene rings is 1. The van der Waals surface area contributed by atoms with Gasteiger partial charge in [-0.2, -0.15) is 0 Å². The molecule has 1 aliphatic carbocycles. The standard InChI is InChI=1S/C17H20N2/c18-16(13-6-2-1-3-7-13)12-15-9-4-8-14-10-5-11-19-17(14)15/h1-3,5-7,10-11,15-16H,4,8-9,12,18H2. The van der Waals surface area contributed by atoms with Gasteiger partial charge in [-0.3, -0.25) is 4.98 Å². The predicted molar refractivity (Wildman–Crippen MR) is 77.9 cm³/mol. The van der Waals surface area contributed by atoms with Gasteiger partial charge in [-0.05, 0) is 42.9 Å². The number of aromatic nitrogens is 1. The fraction of sp³-hybridized carbons (Fsp3) is 0.353. The molecule has 0 fully saturated rings. The van der Waals surface area contributed by atoms with Crippen LogP contribution < -0.4 is 5.73 Å². The van der Waals surface area contributed by atoms with E-state index in [-0.39, 0.29) is 6.04 Å². The van der Waals surface area contributed by atoms with Gasteiger partial charge in [0, 0.05) is 23.9 Å². The lowest BCUT2D eigenvalue weighted by Crippen LogP contribution is -2.19. The zero-order chi connectivity index (χ0) is 13.1. The number of pyridine rings is 1. The van der Waals surface area contributed by atoms with Crippen LogP contribution in [0.5, 0.6) is 0 Å². The molecular weight excluding hydrogens is 232 g/mol. The fourth-order valence-electron chi connectivity index (χ4n) is 3.08. The van der Waals surface area contributed by atoms with Crippen LogP contribution >= 0.6 is 0 Å². The summed E-state index contributed by atoms with van der Waals surface area (Å²) in [6.45, 7) is 0. The van der Waals surface area contributed by atoms with Crippen LogP contribution in [-0.4, -0.2) is 4.98 Å². The summed E-state index contributed by atoms with van der Waals surface area (Å²) < 4.78 is 0. The molecule has 2 heteroatoms. The molecule has 0 saturated heterocycles. The van der Waals surface area contributed by atoms with Crippen LogP contribution in [-0.2, 0) is 6.42 Å². The zero-order valence-corrected chi connectivity index (χ0v) is 11.1. The Morgan fingerprint density at radius 3 is 2.84 bits per heavy atom. The number of fused-ring (bicyclic) bond motifs is 1. The lowest BCUT2D eigenvalue weighted by Gasteiger charge is -2.26. The van der Waals surface area contributed by atoms with Crippen LogP contribution in [0.1, 0.15) is 48.0 Å². The Balaban J connectivity index is 1.78. The summed E-state index contributed by atoms with van der Waals surface area (Å²) in [6, 6.07) is 14.7. The van der Waals surface area contributed by atoms with E-state index >= 15 is 0 Å². The van der Waals surface area contributed by atoms with E-state index in [0.717, 1.165) is 6.42 Å². The molecule has 1 aromatic heterocycles. The summed E-state index contributed by atoms with van der Waals surface area (Å²) in [4.78, 5) is 4.59. The monoisotopic (exact) mass is 252 g/mol. The normalized spacial score (nSPS) is 19.7. The maximum atomic E-state index is 6.36. The topological polar surface area (TPSA) is 38.9 Å². The zero-order valence-electron chi connectivity index (χ0n) is 11.1. The molecule has 2 unspecified atom stereocenters. The first-order valence-electron chi connectivity index (χ1n) is 7.09. The summed E-state index contributed by atoms with van der Waals surface area (Å²) in [6.07, 6.45) is 6.54. The van der Waals surface area contributed by atoms with Crippen LogP contribution in [0.25, 0.3) is 0 Å². The Hall–Kier alpha value is -1.67. The van der Waals surface area contributed by atoms with Crippen molar-refractivity contribution in [2.24, 2.45) is 5.73 Å². The highest BCUT2D eigenvalue weighted by Gasteiger charge is 2.23. The van der Waals surface area contributed by atoms with E-state index in [2.05, 4.69) is 35.3 Å². The number of aryl methyl sites for hydroxylation is 1. The molecule has 19 heavy (non-hydrogen) atoms. The molecule has 0 spiro atoms.